The highest BCUT2D eigenvalue weighted by atomic mass is 35.5. The lowest BCUT2D eigenvalue weighted by Gasteiger charge is -2.27. The van der Waals surface area contributed by atoms with Crippen LogP contribution in [-0.2, 0) is 9.59 Å². The van der Waals surface area contributed by atoms with Crippen molar-refractivity contribution < 1.29 is 35.2 Å². The Morgan fingerprint density at radius 2 is 0.768 bits per heavy atom. The lowest BCUT2D eigenvalue weighted by molar-refractivity contribution is -0.726. The van der Waals surface area contributed by atoms with Gasteiger partial charge >= 0.3 is 6.03 Å². The number of halogens is 2. The Labute approximate surface area is 345 Å². The molecule has 4 aliphatic carbocycles. The van der Waals surface area contributed by atoms with Crippen LogP contribution in [-0.4, -0.2) is 55.2 Å². The third-order valence-electron chi connectivity index (χ3n) is 12.2. The minimum Gasteiger partial charge on any atom is -0.550 e. The summed E-state index contributed by atoms with van der Waals surface area (Å²) < 4.78 is 0. The minimum absolute atomic E-state index is 0.0492. The lowest BCUT2D eigenvalue weighted by atomic mass is 9.91. The lowest BCUT2D eigenvalue weighted by Crippen LogP contribution is -2.95. The zero-order valence-corrected chi connectivity index (χ0v) is 35.0. The zero-order chi connectivity index (χ0) is 40.0. The molecule has 0 heterocycles. The topological polar surface area (TPSA) is 155 Å². The van der Waals surface area contributed by atoms with Crippen LogP contribution in [0.15, 0.2) is 48.5 Å². The molecule has 9 nitrogen and oxygen atoms in total. The summed E-state index contributed by atoms with van der Waals surface area (Å²) in [5, 5.41) is 33.8. The van der Waals surface area contributed by atoms with Gasteiger partial charge < -0.3 is 41.1 Å². The van der Waals surface area contributed by atoms with E-state index in [0.717, 1.165) is 24.2 Å². The third-order valence-corrected chi connectivity index (χ3v) is 12.7. The van der Waals surface area contributed by atoms with Crippen molar-refractivity contribution in [1.82, 2.24) is 10.6 Å². The van der Waals surface area contributed by atoms with E-state index < -0.39 is 29.8 Å². The van der Waals surface area contributed by atoms with Crippen molar-refractivity contribution in [1.29, 1.82) is 0 Å². The highest BCUT2D eigenvalue weighted by molar-refractivity contribution is 6.30. The number of aliphatic carboxylic acids is 2. The number of quaternary nitrogens is 2. The number of benzene rings is 2. The van der Waals surface area contributed by atoms with Gasteiger partial charge in [0, 0.05) is 46.9 Å². The number of nitrogens with two attached hydrogens (primary N) is 2. The molecule has 0 unspecified atom stereocenters. The quantitative estimate of drug-likeness (QED) is 0.188. The van der Waals surface area contributed by atoms with E-state index in [1.165, 1.54) is 128 Å². The Kier molecular flexibility index (Phi) is 21.5. The molecule has 0 radical (unpaired) electrons. The second kappa shape index (κ2) is 26.2. The van der Waals surface area contributed by atoms with Gasteiger partial charge in [-0.2, -0.15) is 0 Å². The smallest absolute Gasteiger partial charge is 0.314 e. The van der Waals surface area contributed by atoms with Crippen LogP contribution in [0.25, 0.3) is 0 Å². The van der Waals surface area contributed by atoms with E-state index in [1.807, 2.05) is 0 Å². The number of urea groups is 1. The van der Waals surface area contributed by atoms with Crippen LogP contribution in [0.1, 0.15) is 164 Å². The van der Waals surface area contributed by atoms with Crippen LogP contribution in [0.3, 0.4) is 0 Å². The number of amides is 2. The molecule has 6 rings (SSSR count). The molecule has 0 bridgehead atoms. The molecule has 2 amide bonds. The number of carboxylic acids is 2. The maximum atomic E-state index is 12.2. The molecule has 0 aromatic heterocycles. The van der Waals surface area contributed by atoms with E-state index in [4.69, 9.17) is 23.2 Å². The van der Waals surface area contributed by atoms with Gasteiger partial charge in [0.1, 0.15) is 0 Å². The first-order chi connectivity index (χ1) is 27.1. The molecule has 6 N–H and O–H groups in total. The van der Waals surface area contributed by atoms with Gasteiger partial charge in [-0.05, 0) is 151 Å². The summed E-state index contributed by atoms with van der Waals surface area (Å²) >= 11 is 11.7. The summed E-state index contributed by atoms with van der Waals surface area (Å²) in [5.74, 6) is -3.50. The van der Waals surface area contributed by atoms with Gasteiger partial charge in [0.25, 0.3) is 0 Å². The van der Waals surface area contributed by atoms with Gasteiger partial charge in [0.2, 0.25) is 0 Å². The number of hydrogen-bond acceptors (Lipinski definition) is 5. The van der Waals surface area contributed by atoms with Crippen LogP contribution >= 0.6 is 23.2 Å². The molecule has 0 spiro atoms. The normalized spacial score (nSPS) is 19.6. The van der Waals surface area contributed by atoms with Gasteiger partial charge in [-0.25, -0.2) is 4.79 Å². The minimum atomic E-state index is -1.24. The fourth-order valence-electron chi connectivity index (χ4n) is 9.06. The average Bonchev–Trinajstić information content (AvgIpc) is 3.20. The maximum Gasteiger partial charge on any atom is 0.314 e. The van der Waals surface area contributed by atoms with E-state index in [9.17, 15) is 24.6 Å². The van der Waals surface area contributed by atoms with Crippen molar-refractivity contribution in [2.24, 2.45) is 0 Å². The predicted molar refractivity (Wildman–Crippen MR) is 220 cm³/mol. The molecule has 11 heteroatoms. The monoisotopic (exact) mass is 814 g/mol. The molecule has 312 valence electrons. The van der Waals surface area contributed by atoms with Gasteiger partial charge in [-0.3, -0.25) is 0 Å². The number of carboxylic acid groups (broad SMARTS) is 2. The van der Waals surface area contributed by atoms with Crippen LogP contribution in [0.4, 0.5) is 4.79 Å². The Hall–Kier alpha value is -2.85. The third kappa shape index (κ3) is 18.6. The predicted octanol–water partition coefficient (Wildman–Crippen LogP) is 5.87. The van der Waals surface area contributed by atoms with Gasteiger partial charge in [-0.1, -0.05) is 73.2 Å². The van der Waals surface area contributed by atoms with Crippen molar-refractivity contribution in [3.63, 3.8) is 0 Å². The first-order valence-electron chi connectivity index (χ1n) is 21.8. The largest absolute Gasteiger partial charge is 0.550 e. The number of nitrogens with one attached hydrogen (secondary N) is 2. The molecule has 4 aliphatic rings. The molecular weight excluding hydrogens is 747 g/mol. The van der Waals surface area contributed by atoms with Crippen molar-refractivity contribution in [2.45, 2.75) is 177 Å². The Bertz CT molecular complexity index is 1270. The fourth-order valence-corrected chi connectivity index (χ4v) is 9.31. The summed E-state index contributed by atoms with van der Waals surface area (Å²) in [7, 11) is 0. The Morgan fingerprint density at radius 3 is 1.02 bits per heavy atom. The second-order valence-corrected chi connectivity index (χ2v) is 17.6. The maximum absolute atomic E-state index is 12.2. The van der Waals surface area contributed by atoms with Crippen molar-refractivity contribution in [3.05, 3.63) is 69.7 Å². The van der Waals surface area contributed by atoms with E-state index in [-0.39, 0.29) is 25.9 Å². The van der Waals surface area contributed by atoms with E-state index in [1.54, 1.807) is 48.5 Å². The summed E-state index contributed by atoms with van der Waals surface area (Å²) in [6.07, 6.45) is 29.3. The van der Waals surface area contributed by atoms with Crippen LogP contribution in [0.2, 0.25) is 10.0 Å². The van der Waals surface area contributed by atoms with Crippen molar-refractivity contribution in [2.75, 3.05) is 13.1 Å². The standard InChI is InChI=1S/C21H22Cl2N2O5.2C12H23N/c22-17-5-1-13(2-6-17)15(9-19(26)27)11-24-21(30)25-12-16(10-20(28)29)14-3-7-18(23)8-4-14;2*1-3-7-11(8-4-1)13-12-9-5-2-6-10-12/h1-8,15-16H,9-12H2,(H,26,27)(H,28,29)(H2,24,25,30);2*11-13H,1-10H2/t15-,16-;;/m0../s1. The molecule has 2 aromatic carbocycles. The number of carbonyl (C=O) groups is 3. The second-order valence-electron chi connectivity index (χ2n) is 16.7. The first-order valence-corrected chi connectivity index (χ1v) is 22.5. The molecule has 2 atom stereocenters. The van der Waals surface area contributed by atoms with Crippen LogP contribution in [0, 0.1) is 0 Å². The van der Waals surface area contributed by atoms with Crippen LogP contribution < -0.4 is 31.5 Å². The molecule has 0 saturated heterocycles. The van der Waals surface area contributed by atoms with Crippen LogP contribution in [0.5, 0.6) is 0 Å². The Balaban J connectivity index is 0.000000218. The summed E-state index contributed by atoms with van der Waals surface area (Å²) in [6, 6.07) is 16.7. The summed E-state index contributed by atoms with van der Waals surface area (Å²) in [4.78, 5) is 34.3. The summed E-state index contributed by atoms with van der Waals surface area (Å²) in [6.45, 7) is 0.0983. The van der Waals surface area contributed by atoms with Gasteiger partial charge in [-0.15, -0.1) is 0 Å². The van der Waals surface area contributed by atoms with Gasteiger partial charge in [0.15, 0.2) is 0 Å². The zero-order valence-electron chi connectivity index (χ0n) is 33.5. The van der Waals surface area contributed by atoms with E-state index in [0.29, 0.717) is 21.2 Å². The number of rotatable bonds is 14. The van der Waals surface area contributed by atoms with E-state index >= 15 is 0 Å². The molecule has 4 fully saturated rings. The molecular formula is C45H68Cl2N4O5. The SMILES string of the molecule is C1CCC([NH2+]C2CCCCC2)CC1.C1CCC([NH2+]C2CCCCC2)CC1.O=C([O-])C[C@@H](CNC(=O)NC[C@H](CC(=O)[O-])c1ccc(Cl)cc1)c1ccc(Cl)cc1. The first kappa shape index (κ1) is 45.8. The van der Waals surface area contributed by atoms with Gasteiger partial charge in [0.05, 0.1) is 24.2 Å². The average molecular weight is 816 g/mol. The molecule has 0 aliphatic heterocycles. The summed E-state index contributed by atoms with van der Waals surface area (Å²) in [5.41, 5.74) is 1.39. The van der Waals surface area contributed by atoms with Crippen molar-refractivity contribution >= 4 is 41.2 Å². The van der Waals surface area contributed by atoms with Crippen molar-refractivity contribution in [3.8, 4) is 0 Å². The van der Waals surface area contributed by atoms with E-state index in [2.05, 4.69) is 21.3 Å². The highest BCUT2D eigenvalue weighted by Gasteiger charge is 2.24. The highest BCUT2D eigenvalue weighted by Crippen LogP contribution is 2.23. The number of hydrogen-bond donors (Lipinski definition) is 4. The molecule has 2 aromatic rings. The molecule has 4 saturated carbocycles. The number of carbonyl (C=O) groups excluding carboxylic acids is 3. The fraction of sp³-hybridized carbons (Fsp3) is 0.667. The Morgan fingerprint density at radius 1 is 0.500 bits per heavy atom. The molecule has 56 heavy (non-hydrogen) atoms.